The summed E-state index contributed by atoms with van der Waals surface area (Å²) >= 11 is 0. The quantitative estimate of drug-likeness (QED) is 0.337. The van der Waals surface area contributed by atoms with Crippen LogP contribution in [-0.4, -0.2) is 64.9 Å². The van der Waals surface area contributed by atoms with E-state index in [1.54, 1.807) is 0 Å². The molecule has 0 aliphatic carbocycles. The Bertz CT molecular complexity index is 19.7. The molecular weight excluding hydrogens is 369 g/mol. The van der Waals surface area contributed by atoms with Gasteiger partial charge >= 0.3 is 59.5 Å². The predicted octanol–water partition coefficient (Wildman–Crippen LogP) is -3.78. The monoisotopic (exact) mass is 387 g/mol. The van der Waals surface area contributed by atoms with Gasteiger partial charge in [0.1, 0.15) is 0 Å². The van der Waals surface area contributed by atoms with E-state index in [-0.39, 0.29) is 94.5 Å². The molecule has 0 rings (SSSR count). The molecule has 0 aromatic rings. The van der Waals surface area contributed by atoms with Gasteiger partial charge in [0.2, 0.25) is 0 Å². The van der Waals surface area contributed by atoms with Crippen LogP contribution in [-0.2, 0) is 0 Å². The molecule has 0 aromatic carbocycles. The first-order chi connectivity index (χ1) is 0. The third-order valence-electron chi connectivity index (χ3n) is 0. The van der Waals surface area contributed by atoms with E-state index < -0.39 is 0 Å². The molecule has 2 nitrogen and oxygen atoms in total. The molecule has 5 N–H and O–H groups in total. The normalized spacial score (nSPS) is 0. The number of hydrogen-bond donors (Lipinski definition) is 1. The topological polar surface area (TPSA) is 66.5 Å². The molecule has 0 spiro atoms. The van der Waals surface area contributed by atoms with Crippen LogP contribution in [0, 0.1) is 0 Å². The standard InChI is InChI=1S/AsH3.H3N.H2O.H3P.H2S.Sb.H2Se.3H/h2*1H3;1H2;1H3;1H2;;1H2;;;. The Morgan fingerprint density at radius 3 is 1.00 bits per heavy atom. The molecule has 0 heterocycles. The predicted molar refractivity (Wildman–Crippen MR) is 58.5 cm³/mol. The Kier molecular flexibility index (Phi) is 1110. The summed E-state index contributed by atoms with van der Waals surface area (Å²) in [4.78, 5) is 0. The molecule has 0 amide bonds. The summed E-state index contributed by atoms with van der Waals surface area (Å²) in [5.41, 5.74) is 0. The zero-order valence-corrected chi connectivity index (χ0v) is 15.8. The fourth-order valence-electron chi connectivity index (χ4n) is 0. The van der Waals surface area contributed by atoms with Crippen molar-refractivity contribution in [3.8, 4) is 0 Å². The van der Waals surface area contributed by atoms with Crippen LogP contribution in [0.4, 0.5) is 0 Å². The molecule has 7 heavy (non-hydrogen) atoms. The molecule has 0 aliphatic rings. The summed E-state index contributed by atoms with van der Waals surface area (Å²) < 4.78 is 0. The first-order valence-corrected chi connectivity index (χ1v) is 0. The van der Waals surface area contributed by atoms with E-state index in [0.717, 1.165) is 0 Å². The molecule has 0 saturated carbocycles. The molecule has 56 valence electrons. The van der Waals surface area contributed by atoms with Gasteiger partial charge in [-0.25, -0.2) is 0 Å². The van der Waals surface area contributed by atoms with Crippen molar-refractivity contribution in [3.63, 3.8) is 0 Å². The minimum absolute atomic E-state index is 0. The molecule has 7 heteroatoms. The third-order valence-corrected chi connectivity index (χ3v) is 0. The van der Waals surface area contributed by atoms with Gasteiger partial charge in [-0.15, -0.1) is 0 Å². The van der Waals surface area contributed by atoms with E-state index in [1.807, 2.05) is 0 Å². The van der Waals surface area contributed by atoms with Crippen molar-refractivity contribution < 1.29 is 5.48 Å². The van der Waals surface area contributed by atoms with Crippen LogP contribution >= 0.6 is 23.4 Å². The fourth-order valence-corrected chi connectivity index (χ4v) is 0. The number of hydrogen-bond acceptors (Lipinski definition) is 1. The van der Waals surface area contributed by atoms with E-state index in [9.17, 15) is 0 Å². The molecule has 0 bridgehead atoms. The Labute approximate surface area is 93.5 Å². The van der Waals surface area contributed by atoms with Gasteiger partial charge in [0, 0.05) is 0 Å². The van der Waals surface area contributed by atoms with Gasteiger partial charge < -0.3 is 11.6 Å². The maximum absolute atomic E-state index is 0. The van der Waals surface area contributed by atoms with Gasteiger partial charge in [0.25, 0.3) is 0 Å². The molecule has 0 aliphatic heterocycles. The van der Waals surface area contributed by atoms with Crippen molar-refractivity contribution >= 4 is 82.8 Å². The summed E-state index contributed by atoms with van der Waals surface area (Å²) in [6.07, 6.45) is 0. The van der Waals surface area contributed by atoms with E-state index in [0.29, 0.717) is 0 Å². The zero-order valence-electron chi connectivity index (χ0n) is 4.33. The Balaban J connectivity index is 0. The van der Waals surface area contributed by atoms with Crippen molar-refractivity contribution in [1.82, 2.24) is 6.15 Å². The molecule has 0 aromatic heterocycles. The van der Waals surface area contributed by atoms with Crippen molar-refractivity contribution in [2.75, 3.05) is 0 Å². The van der Waals surface area contributed by atoms with Gasteiger partial charge in [-0.2, -0.15) is 23.4 Å². The SMILES string of the molecule is N.O.P.S.[AsH3].[SbH3].[SeH2]. The summed E-state index contributed by atoms with van der Waals surface area (Å²) in [7, 11) is 0. The number of rotatable bonds is 0. The van der Waals surface area contributed by atoms with E-state index in [1.165, 1.54) is 0 Å². The molecule has 0 fully saturated rings. The van der Waals surface area contributed by atoms with E-state index in [4.69, 9.17) is 0 Å². The van der Waals surface area contributed by atoms with Gasteiger partial charge in [-0.3, -0.25) is 0 Å². The second kappa shape index (κ2) is 73.6. The van der Waals surface area contributed by atoms with Crippen LogP contribution in [0.3, 0.4) is 0 Å². The Morgan fingerprint density at radius 1 is 1.00 bits per heavy atom. The minimum atomic E-state index is 0. The van der Waals surface area contributed by atoms with Gasteiger partial charge in [0.05, 0.1) is 0 Å². The molecule has 0 radical (unpaired) electrons. The van der Waals surface area contributed by atoms with Gasteiger partial charge in [-0.1, -0.05) is 0 Å². The molecule has 2 atom stereocenters. The van der Waals surface area contributed by atoms with Crippen molar-refractivity contribution in [2.45, 2.75) is 0 Å². The van der Waals surface area contributed by atoms with Crippen molar-refractivity contribution in [2.24, 2.45) is 0 Å². The molecular formula is H18AsNOPSSbSe. The molecule has 0 saturated heterocycles. The first kappa shape index (κ1) is 105. The summed E-state index contributed by atoms with van der Waals surface area (Å²) in [5, 5.41) is 0. The second-order valence-electron chi connectivity index (χ2n) is 0. The van der Waals surface area contributed by atoms with E-state index >= 15 is 0 Å². The van der Waals surface area contributed by atoms with Crippen LogP contribution in [0.2, 0.25) is 0 Å². The first-order valence-electron chi connectivity index (χ1n) is 0. The van der Waals surface area contributed by atoms with Crippen molar-refractivity contribution in [3.05, 3.63) is 0 Å². The second-order valence-corrected chi connectivity index (χ2v) is 0. The summed E-state index contributed by atoms with van der Waals surface area (Å²) in [6.45, 7) is 0. The summed E-state index contributed by atoms with van der Waals surface area (Å²) in [5.74, 6) is 0. The zero-order chi connectivity index (χ0) is 0. The van der Waals surface area contributed by atoms with E-state index in [2.05, 4.69) is 0 Å². The third kappa shape index (κ3) is 55.5. The average molecular weight is 387 g/mol. The maximum atomic E-state index is 0. The van der Waals surface area contributed by atoms with Crippen LogP contribution in [0.5, 0.6) is 0 Å². The molecule has 2 unspecified atom stereocenters. The van der Waals surface area contributed by atoms with Crippen LogP contribution in [0.1, 0.15) is 0 Å². The van der Waals surface area contributed by atoms with Gasteiger partial charge in [-0.05, 0) is 0 Å². The van der Waals surface area contributed by atoms with Gasteiger partial charge in [0.15, 0.2) is 0 Å². The Hall–Kier alpha value is 2.60. The van der Waals surface area contributed by atoms with Crippen LogP contribution in [0.15, 0.2) is 0 Å². The Morgan fingerprint density at radius 2 is 1.00 bits per heavy atom. The van der Waals surface area contributed by atoms with Crippen LogP contribution in [0.25, 0.3) is 0 Å². The average Bonchev–Trinajstić information content (AvgIpc) is 0. The van der Waals surface area contributed by atoms with Crippen LogP contribution < -0.4 is 6.15 Å². The van der Waals surface area contributed by atoms with Crippen molar-refractivity contribution in [1.29, 1.82) is 0 Å². The fraction of sp³-hybridized carbons (Fsp3) is 0. The summed E-state index contributed by atoms with van der Waals surface area (Å²) in [6, 6.07) is 0.